The Bertz CT molecular complexity index is 2670. The molecular formula is C52H68N6O4S2. The summed E-state index contributed by atoms with van der Waals surface area (Å²) in [6.45, 7) is 24.5. The predicted octanol–water partition coefficient (Wildman–Crippen LogP) is 10.3. The van der Waals surface area contributed by atoms with Crippen molar-refractivity contribution in [2.45, 2.75) is 131 Å². The van der Waals surface area contributed by atoms with Crippen LogP contribution in [0.3, 0.4) is 0 Å². The lowest BCUT2D eigenvalue weighted by molar-refractivity contribution is 0.460. The zero-order chi connectivity index (χ0) is 47.9. The molecule has 12 heteroatoms. The highest BCUT2D eigenvalue weighted by Crippen LogP contribution is 2.37. The summed E-state index contributed by atoms with van der Waals surface area (Å²) in [6, 6.07) is 12.9. The molecule has 6 rings (SSSR count). The molecule has 0 spiro atoms. The van der Waals surface area contributed by atoms with Crippen LogP contribution in [0.15, 0.2) is 60.6 Å². The van der Waals surface area contributed by atoms with Crippen molar-refractivity contribution >= 4 is 24.4 Å². The van der Waals surface area contributed by atoms with Gasteiger partial charge < -0.3 is 5.11 Å². The maximum absolute atomic E-state index is 12.8. The first-order valence-corrected chi connectivity index (χ1v) is 24.0. The van der Waals surface area contributed by atoms with E-state index in [9.17, 15) is 19.5 Å². The molecule has 0 aliphatic carbocycles. The van der Waals surface area contributed by atoms with E-state index in [1.54, 1.807) is 39.8 Å². The van der Waals surface area contributed by atoms with Crippen LogP contribution in [0.1, 0.15) is 109 Å². The summed E-state index contributed by atoms with van der Waals surface area (Å²) >= 11 is 6.17. The van der Waals surface area contributed by atoms with Gasteiger partial charge in [0.2, 0.25) is 0 Å². The molecule has 3 aromatic heterocycles. The Balaban J connectivity index is 0.000000210. The summed E-state index contributed by atoms with van der Waals surface area (Å²) in [4.78, 5) is 39.6. The van der Waals surface area contributed by atoms with E-state index in [1.165, 1.54) is 53.0 Å². The van der Waals surface area contributed by atoms with E-state index in [-0.39, 0.29) is 22.4 Å². The van der Waals surface area contributed by atoms with Gasteiger partial charge >= 0.3 is 0 Å². The van der Waals surface area contributed by atoms with Gasteiger partial charge in [-0.3, -0.25) is 14.4 Å². The third kappa shape index (κ3) is 10.7. The first-order chi connectivity index (χ1) is 30.2. The van der Waals surface area contributed by atoms with Gasteiger partial charge in [0.1, 0.15) is 5.69 Å². The molecule has 0 atom stereocenters. The number of thiol groups is 1. The number of hydrogen-bond donors (Lipinski definition) is 2. The fourth-order valence-electron chi connectivity index (χ4n) is 8.66. The highest BCUT2D eigenvalue weighted by Gasteiger charge is 2.23. The Morgan fingerprint density at radius 2 is 0.750 bits per heavy atom. The molecule has 0 fully saturated rings. The molecule has 0 saturated carbocycles. The molecule has 0 saturated heterocycles. The predicted molar refractivity (Wildman–Crippen MR) is 270 cm³/mol. The van der Waals surface area contributed by atoms with Crippen molar-refractivity contribution in [2.75, 3.05) is 6.26 Å². The molecule has 342 valence electrons. The maximum Gasteiger partial charge on any atom is 0.278 e. The van der Waals surface area contributed by atoms with Crippen LogP contribution in [0, 0.1) is 41.5 Å². The highest BCUT2D eigenvalue weighted by molar-refractivity contribution is 7.98. The summed E-state index contributed by atoms with van der Waals surface area (Å²) in [5, 5.41) is 23.0. The van der Waals surface area contributed by atoms with Crippen LogP contribution < -0.4 is 16.7 Å². The molecule has 6 aromatic rings. The molecular weight excluding hydrogens is 837 g/mol. The van der Waals surface area contributed by atoms with Crippen LogP contribution in [0.5, 0.6) is 5.75 Å². The lowest BCUT2D eigenvalue weighted by atomic mass is 9.90. The summed E-state index contributed by atoms with van der Waals surface area (Å²) in [6.07, 6.45) is 7.26. The van der Waals surface area contributed by atoms with Gasteiger partial charge in [-0.15, -0.1) is 24.4 Å². The molecule has 3 heterocycles. The number of aromatic hydroxyl groups is 1. The van der Waals surface area contributed by atoms with Crippen molar-refractivity contribution < 1.29 is 5.11 Å². The maximum atomic E-state index is 12.8. The second-order valence-electron chi connectivity index (χ2n) is 16.4. The molecule has 10 nitrogen and oxygen atoms in total. The topological polar surface area (TPSA) is 125 Å². The van der Waals surface area contributed by atoms with E-state index < -0.39 is 0 Å². The van der Waals surface area contributed by atoms with Crippen LogP contribution in [0.25, 0.3) is 33.4 Å². The van der Waals surface area contributed by atoms with Crippen LogP contribution in [-0.2, 0) is 59.7 Å². The Morgan fingerprint density at radius 1 is 0.469 bits per heavy atom. The van der Waals surface area contributed by atoms with Gasteiger partial charge in [-0.25, -0.2) is 14.0 Å². The van der Waals surface area contributed by atoms with Crippen molar-refractivity contribution in [3.05, 3.63) is 135 Å². The quantitative estimate of drug-likeness (QED) is 0.103. The van der Waals surface area contributed by atoms with Crippen LogP contribution in [-0.4, -0.2) is 40.7 Å². The minimum absolute atomic E-state index is 0.00801. The lowest BCUT2D eigenvalue weighted by Crippen LogP contribution is -2.24. The lowest BCUT2D eigenvalue weighted by Gasteiger charge is -2.18. The average molecular weight is 905 g/mol. The van der Waals surface area contributed by atoms with Gasteiger partial charge in [-0.1, -0.05) is 94.6 Å². The van der Waals surface area contributed by atoms with E-state index in [4.69, 9.17) is 0 Å². The van der Waals surface area contributed by atoms with E-state index >= 15 is 0 Å². The monoisotopic (exact) mass is 904 g/mol. The molecule has 0 radical (unpaired) electrons. The van der Waals surface area contributed by atoms with E-state index in [1.807, 2.05) is 20.1 Å². The first-order valence-electron chi connectivity index (χ1n) is 22.3. The number of nitrogens with zero attached hydrogens (tertiary/aromatic N) is 6. The molecule has 64 heavy (non-hydrogen) atoms. The number of aromatic nitrogens is 6. The fraction of sp³-hybridized carbons (Fsp3) is 0.423. The third-order valence-electron chi connectivity index (χ3n) is 11.7. The number of benzene rings is 3. The van der Waals surface area contributed by atoms with Gasteiger partial charge in [0, 0.05) is 30.9 Å². The van der Waals surface area contributed by atoms with Crippen molar-refractivity contribution in [2.24, 2.45) is 21.1 Å². The van der Waals surface area contributed by atoms with Gasteiger partial charge in [0.15, 0.2) is 5.75 Å². The zero-order valence-electron chi connectivity index (χ0n) is 40.9. The number of rotatable bonds is 10. The number of aryl methyl sites for hydroxylation is 15. The van der Waals surface area contributed by atoms with E-state index in [0.717, 1.165) is 88.2 Å². The Labute approximate surface area is 389 Å². The minimum atomic E-state index is -0.258. The van der Waals surface area contributed by atoms with Crippen molar-refractivity contribution in [3.63, 3.8) is 0 Å². The smallest absolute Gasteiger partial charge is 0.278 e. The van der Waals surface area contributed by atoms with Crippen molar-refractivity contribution in [3.8, 4) is 39.1 Å². The second kappa shape index (κ2) is 22.1. The summed E-state index contributed by atoms with van der Waals surface area (Å²) in [5.74, 6) is -0.00801. The van der Waals surface area contributed by atoms with Crippen molar-refractivity contribution in [1.82, 2.24) is 29.3 Å². The van der Waals surface area contributed by atoms with E-state index in [2.05, 4.69) is 127 Å². The molecule has 0 amide bonds. The molecule has 0 unspecified atom stereocenters. The third-order valence-corrected chi connectivity index (χ3v) is 13.2. The zero-order valence-corrected chi connectivity index (χ0v) is 42.6. The second-order valence-corrected chi connectivity index (χ2v) is 17.7. The molecule has 0 aliphatic heterocycles. The Morgan fingerprint density at radius 3 is 1.09 bits per heavy atom. The van der Waals surface area contributed by atoms with Gasteiger partial charge in [0.05, 0.1) is 28.1 Å². The van der Waals surface area contributed by atoms with Crippen LogP contribution in [0.2, 0.25) is 0 Å². The summed E-state index contributed by atoms with van der Waals surface area (Å²) < 4.78 is 4.16. The largest absolute Gasteiger partial charge is 0.505 e. The summed E-state index contributed by atoms with van der Waals surface area (Å²) in [7, 11) is 5.04. The number of hydrogen-bond acceptors (Lipinski definition) is 9. The van der Waals surface area contributed by atoms with Gasteiger partial charge in [-0.05, 0) is 136 Å². The fourth-order valence-corrected chi connectivity index (χ4v) is 9.64. The average Bonchev–Trinajstić information content (AvgIpc) is 3.26. The molecule has 1 N–H and O–H groups in total. The Hall–Kier alpha value is -5.20. The van der Waals surface area contributed by atoms with Crippen LogP contribution in [0.4, 0.5) is 0 Å². The first kappa shape index (κ1) is 51.4. The van der Waals surface area contributed by atoms with Crippen LogP contribution >= 0.6 is 24.4 Å². The normalized spacial score (nSPS) is 11.0. The Kier molecular flexibility index (Phi) is 17.8. The number of thioether (sulfide) groups is 1. The van der Waals surface area contributed by atoms with E-state index in [0.29, 0.717) is 21.7 Å². The minimum Gasteiger partial charge on any atom is -0.505 e. The van der Waals surface area contributed by atoms with Crippen molar-refractivity contribution in [1.29, 1.82) is 0 Å². The molecule has 0 aliphatic rings. The standard InChI is InChI=1S/C18H24N2OS.C17H22N2O2.C17H22N2OS/c1-7-13-9-11(3)10-14(8-2)15(13)16-17(22-6)12(4)19-20(5)18(16)21;1-6-12-8-10(3)9-13(7-2)14(12)15-16(20)11(4)18-19(5)17(15)21;1-6-12-8-10(3)9-13(7-2)14(12)15-16(21)11(4)18-19(5)17(15)20/h9-10H,7-8H2,1-6H3;8-9,20H,6-7H2,1-5H3;8-9,21H,6-7H2,1-5H3. The molecule has 3 aromatic carbocycles. The van der Waals surface area contributed by atoms with Gasteiger partial charge in [0.25, 0.3) is 16.7 Å². The van der Waals surface area contributed by atoms with Gasteiger partial charge in [-0.2, -0.15) is 15.3 Å². The summed E-state index contributed by atoms with van der Waals surface area (Å²) in [5.41, 5.74) is 17.4. The molecule has 0 bridgehead atoms. The highest BCUT2D eigenvalue weighted by atomic mass is 32.2. The SMILES string of the molecule is CCc1cc(C)cc(CC)c1-c1c(O)c(C)nn(C)c1=O.CCc1cc(C)cc(CC)c1-c1c(S)c(C)nn(C)c1=O.CCc1cc(C)cc(CC)c1-c1c(SC)c(C)nn(C)c1=O.